The number of benzene rings is 1. The van der Waals surface area contributed by atoms with Gasteiger partial charge in [-0.1, -0.05) is 17.5 Å². The van der Waals surface area contributed by atoms with Crippen LogP contribution in [0, 0.1) is 5.82 Å². The second-order valence-electron chi connectivity index (χ2n) is 3.55. The van der Waals surface area contributed by atoms with Crippen LogP contribution in [-0.4, -0.2) is 22.5 Å². The fourth-order valence-corrected chi connectivity index (χ4v) is 2.28. The fraction of sp³-hybridized carbons (Fsp3) is 0.250. The largest absolute Gasteiger partial charge is 0.494 e. The number of halogens is 1. The lowest BCUT2D eigenvalue weighted by atomic mass is 10.1. The number of aromatic nitrogens is 2. The molecule has 1 heterocycles. The molecule has 0 N–H and O–H groups in total. The Labute approximate surface area is 108 Å². The summed E-state index contributed by atoms with van der Waals surface area (Å²) in [6.07, 6.45) is 0.586. The van der Waals surface area contributed by atoms with Gasteiger partial charge in [0, 0.05) is 0 Å². The van der Waals surface area contributed by atoms with Crippen LogP contribution in [0.2, 0.25) is 0 Å². The van der Waals surface area contributed by atoms with Gasteiger partial charge < -0.3 is 4.74 Å². The van der Waals surface area contributed by atoms with Gasteiger partial charge in [0.15, 0.2) is 11.6 Å². The van der Waals surface area contributed by atoms with Crippen LogP contribution in [0.4, 0.5) is 4.39 Å². The van der Waals surface area contributed by atoms with Crippen LogP contribution >= 0.6 is 11.5 Å². The number of carbonyl (C=O) groups is 1. The Kier molecular flexibility index (Phi) is 3.66. The molecule has 0 fully saturated rings. The molecule has 0 spiro atoms. The van der Waals surface area contributed by atoms with Crippen LogP contribution in [0.3, 0.4) is 0 Å². The lowest BCUT2D eigenvalue weighted by molar-refractivity contribution is 0.103. The minimum absolute atomic E-state index is 0.0184. The van der Waals surface area contributed by atoms with Crippen LogP contribution < -0.4 is 4.74 Å². The van der Waals surface area contributed by atoms with E-state index < -0.39 is 11.6 Å². The highest BCUT2D eigenvalue weighted by Crippen LogP contribution is 2.24. The van der Waals surface area contributed by atoms with Crippen molar-refractivity contribution in [1.82, 2.24) is 9.59 Å². The summed E-state index contributed by atoms with van der Waals surface area (Å²) in [6.45, 7) is 1.87. The molecule has 0 unspecified atom stereocenters. The summed E-state index contributed by atoms with van der Waals surface area (Å²) in [5, 5.41) is 3.85. The fourth-order valence-electron chi connectivity index (χ4n) is 1.58. The average Bonchev–Trinajstić information content (AvgIpc) is 2.86. The first-order valence-electron chi connectivity index (χ1n) is 5.37. The van der Waals surface area contributed by atoms with Gasteiger partial charge in [-0.05, 0) is 30.1 Å². The second kappa shape index (κ2) is 5.22. The Morgan fingerprint density at radius 1 is 1.50 bits per heavy atom. The molecule has 0 aliphatic carbocycles. The summed E-state index contributed by atoms with van der Waals surface area (Å²) in [6, 6.07) is 4.48. The minimum atomic E-state index is -0.652. The van der Waals surface area contributed by atoms with Crippen LogP contribution in [0.5, 0.6) is 5.75 Å². The molecule has 0 saturated heterocycles. The SMILES string of the molecule is CCc1nnsc1C(=O)c1cccc(OC)c1F. The summed E-state index contributed by atoms with van der Waals surface area (Å²) in [7, 11) is 1.36. The van der Waals surface area contributed by atoms with Crippen molar-refractivity contribution in [2.24, 2.45) is 0 Å². The van der Waals surface area contributed by atoms with E-state index in [9.17, 15) is 9.18 Å². The molecule has 18 heavy (non-hydrogen) atoms. The van der Waals surface area contributed by atoms with Crippen molar-refractivity contribution >= 4 is 17.3 Å². The summed E-state index contributed by atoms with van der Waals surface area (Å²) < 4.78 is 22.6. The molecule has 0 amide bonds. The van der Waals surface area contributed by atoms with E-state index in [2.05, 4.69) is 9.59 Å². The second-order valence-corrected chi connectivity index (χ2v) is 4.31. The maximum absolute atomic E-state index is 14.0. The zero-order valence-corrected chi connectivity index (χ0v) is 10.8. The van der Waals surface area contributed by atoms with Crippen molar-refractivity contribution in [3.8, 4) is 5.75 Å². The maximum atomic E-state index is 14.0. The molecule has 0 saturated carbocycles. The number of nitrogens with zero attached hydrogens (tertiary/aromatic N) is 2. The Morgan fingerprint density at radius 2 is 2.28 bits per heavy atom. The molecule has 94 valence electrons. The van der Waals surface area contributed by atoms with Crippen LogP contribution in [-0.2, 0) is 6.42 Å². The topological polar surface area (TPSA) is 52.1 Å². The van der Waals surface area contributed by atoms with Crippen molar-refractivity contribution < 1.29 is 13.9 Å². The maximum Gasteiger partial charge on any atom is 0.209 e. The predicted octanol–water partition coefficient (Wildman–Crippen LogP) is 2.48. The molecule has 0 aliphatic rings. The summed E-state index contributed by atoms with van der Waals surface area (Å²) >= 11 is 0.981. The van der Waals surface area contributed by atoms with Gasteiger partial charge >= 0.3 is 0 Å². The number of hydrogen-bond acceptors (Lipinski definition) is 5. The van der Waals surface area contributed by atoms with Gasteiger partial charge in [0.2, 0.25) is 5.78 Å². The Balaban J connectivity index is 2.47. The van der Waals surface area contributed by atoms with E-state index in [0.717, 1.165) is 11.5 Å². The number of aryl methyl sites for hydroxylation is 1. The molecule has 2 aromatic rings. The Hall–Kier alpha value is -1.82. The molecule has 0 radical (unpaired) electrons. The van der Waals surface area contributed by atoms with Gasteiger partial charge in [-0.3, -0.25) is 4.79 Å². The van der Waals surface area contributed by atoms with Crippen molar-refractivity contribution in [3.63, 3.8) is 0 Å². The molecule has 6 heteroatoms. The smallest absolute Gasteiger partial charge is 0.209 e. The first kappa shape index (κ1) is 12.6. The summed E-state index contributed by atoms with van der Waals surface area (Å²) in [5.41, 5.74) is 0.572. The van der Waals surface area contributed by atoms with Gasteiger partial charge in [-0.15, -0.1) is 5.10 Å². The standard InChI is InChI=1S/C12H11FN2O2S/c1-3-8-12(18-15-14-8)11(16)7-5-4-6-9(17-2)10(7)13/h4-6H,3H2,1-2H3. The van der Waals surface area contributed by atoms with Crippen LogP contribution in [0.25, 0.3) is 0 Å². The highest BCUT2D eigenvalue weighted by Gasteiger charge is 2.21. The number of rotatable bonds is 4. The molecule has 1 aromatic heterocycles. The lowest BCUT2D eigenvalue weighted by Crippen LogP contribution is -2.06. The zero-order valence-electron chi connectivity index (χ0n) is 9.94. The van der Waals surface area contributed by atoms with E-state index in [1.165, 1.54) is 19.2 Å². The Morgan fingerprint density at radius 3 is 2.94 bits per heavy atom. The third kappa shape index (κ3) is 2.11. The van der Waals surface area contributed by atoms with E-state index in [4.69, 9.17) is 4.74 Å². The lowest BCUT2D eigenvalue weighted by Gasteiger charge is -2.05. The molecular formula is C12H11FN2O2S. The molecule has 0 bridgehead atoms. The normalized spacial score (nSPS) is 10.4. The van der Waals surface area contributed by atoms with Gasteiger partial charge in [-0.2, -0.15) is 0 Å². The number of ether oxygens (including phenoxy) is 1. The van der Waals surface area contributed by atoms with Gasteiger partial charge in [-0.25, -0.2) is 4.39 Å². The Bertz CT molecular complexity index is 583. The monoisotopic (exact) mass is 266 g/mol. The quantitative estimate of drug-likeness (QED) is 0.798. The first-order chi connectivity index (χ1) is 8.69. The summed E-state index contributed by atoms with van der Waals surface area (Å²) in [5.74, 6) is -1.00. The predicted molar refractivity (Wildman–Crippen MR) is 65.7 cm³/mol. The zero-order chi connectivity index (χ0) is 13.1. The van der Waals surface area contributed by atoms with Gasteiger partial charge in [0.05, 0.1) is 18.4 Å². The van der Waals surface area contributed by atoms with Crippen molar-refractivity contribution in [1.29, 1.82) is 0 Å². The third-order valence-electron chi connectivity index (χ3n) is 2.52. The number of hydrogen-bond donors (Lipinski definition) is 0. The highest BCUT2D eigenvalue weighted by molar-refractivity contribution is 7.08. The molecule has 2 rings (SSSR count). The van der Waals surface area contributed by atoms with Crippen LogP contribution in [0.1, 0.15) is 27.9 Å². The summed E-state index contributed by atoms with van der Waals surface area (Å²) in [4.78, 5) is 12.6. The van der Waals surface area contributed by atoms with Gasteiger partial charge in [0.1, 0.15) is 4.88 Å². The van der Waals surface area contributed by atoms with Crippen molar-refractivity contribution in [3.05, 3.63) is 40.2 Å². The average molecular weight is 266 g/mol. The van der Waals surface area contributed by atoms with E-state index >= 15 is 0 Å². The number of carbonyl (C=O) groups excluding carboxylic acids is 1. The van der Waals surface area contributed by atoms with E-state index in [0.29, 0.717) is 17.0 Å². The van der Waals surface area contributed by atoms with Crippen molar-refractivity contribution in [2.45, 2.75) is 13.3 Å². The molecule has 0 aliphatic heterocycles. The minimum Gasteiger partial charge on any atom is -0.494 e. The highest BCUT2D eigenvalue weighted by atomic mass is 32.1. The number of ketones is 1. The molecule has 1 aromatic carbocycles. The number of methoxy groups -OCH3 is 1. The first-order valence-corrected chi connectivity index (χ1v) is 6.14. The van der Waals surface area contributed by atoms with E-state index in [-0.39, 0.29) is 11.3 Å². The van der Waals surface area contributed by atoms with Gasteiger partial charge in [0.25, 0.3) is 0 Å². The molecule has 4 nitrogen and oxygen atoms in total. The van der Waals surface area contributed by atoms with E-state index in [1.807, 2.05) is 6.92 Å². The van der Waals surface area contributed by atoms with E-state index in [1.54, 1.807) is 6.07 Å². The van der Waals surface area contributed by atoms with Crippen molar-refractivity contribution in [2.75, 3.05) is 7.11 Å². The molecule has 0 atom stereocenters. The third-order valence-corrected chi connectivity index (χ3v) is 3.29. The van der Waals surface area contributed by atoms with Crippen LogP contribution in [0.15, 0.2) is 18.2 Å². The molecular weight excluding hydrogens is 255 g/mol.